The molecule has 2 aromatic carbocycles. The first-order valence-corrected chi connectivity index (χ1v) is 11.1. The number of rotatable bonds is 7. The van der Waals surface area contributed by atoms with E-state index in [4.69, 9.17) is 9.47 Å². The van der Waals surface area contributed by atoms with Crippen LogP contribution in [0.15, 0.2) is 36.5 Å². The lowest BCUT2D eigenvalue weighted by Gasteiger charge is -2.17. The Balaban J connectivity index is 1.96. The zero-order valence-corrected chi connectivity index (χ0v) is 19.6. The van der Waals surface area contributed by atoms with E-state index in [2.05, 4.69) is 15.6 Å². The van der Waals surface area contributed by atoms with Crippen LogP contribution in [0.1, 0.15) is 31.3 Å². The van der Waals surface area contributed by atoms with Gasteiger partial charge in [-0.3, -0.25) is 24.1 Å². The van der Waals surface area contributed by atoms with Crippen molar-refractivity contribution in [3.05, 3.63) is 52.3 Å². The monoisotopic (exact) mass is 497 g/mol. The Bertz CT molecular complexity index is 1490. The zero-order valence-electron chi connectivity index (χ0n) is 18.8. The average Bonchev–Trinajstić information content (AvgIpc) is 3.36. The summed E-state index contributed by atoms with van der Waals surface area (Å²) in [5.41, 5.74) is 0.981. The van der Waals surface area contributed by atoms with Gasteiger partial charge in [-0.1, -0.05) is 11.3 Å². The van der Waals surface area contributed by atoms with Gasteiger partial charge in [-0.05, 0) is 25.1 Å². The summed E-state index contributed by atoms with van der Waals surface area (Å²) in [6, 6.07) is 6.94. The number of hydrogen-bond donors (Lipinski definition) is 2. The lowest BCUT2D eigenvalue weighted by Crippen LogP contribution is -2.12. The van der Waals surface area contributed by atoms with E-state index in [9.17, 15) is 24.5 Å². The number of anilines is 2. The minimum Gasteiger partial charge on any atom is -0.461 e. The second kappa shape index (κ2) is 9.38. The molecule has 2 N–H and O–H groups in total. The van der Waals surface area contributed by atoms with Gasteiger partial charge in [0.2, 0.25) is 11.8 Å². The molecule has 0 radical (unpaired) electrons. The van der Waals surface area contributed by atoms with Gasteiger partial charge >= 0.3 is 5.97 Å². The van der Waals surface area contributed by atoms with Crippen molar-refractivity contribution in [2.24, 2.45) is 0 Å². The number of nitro benzene ring substituents is 1. The number of carbonyl (C=O) groups excluding carboxylic acids is 3. The SMILES string of the molecule is CCOC(=O)c1cnc2sc3c(NC(C)=O)c(Oc4ccc([N+](=O)[O-])cc4)c(NC(C)=O)cc3n12. The van der Waals surface area contributed by atoms with Gasteiger partial charge in [0, 0.05) is 26.0 Å². The fourth-order valence-corrected chi connectivity index (χ4v) is 4.49. The Labute approximate surface area is 201 Å². The number of fused-ring (bicyclic) bond motifs is 3. The molecule has 0 saturated heterocycles. The van der Waals surface area contributed by atoms with Crippen LogP contribution in [-0.4, -0.2) is 38.7 Å². The maximum Gasteiger partial charge on any atom is 0.357 e. The normalized spacial score (nSPS) is 10.8. The van der Waals surface area contributed by atoms with Crippen LogP contribution in [0.3, 0.4) is 0 Å². The van der Waals surface area contributed by atoms with Crippen LogP contribution in [0.5, 0.6) is 11.5 Å². The molecule has 2 amide bonds. The molecule has 180 valence electrons. The Morgan fingerprint density at radius 2 is 1.83 bits per heavy atom. The number of carbonyl (C=O) groups is 3. The first-order chi connectivity index (χ1) is 16.7. The minimum absolute atomic E-state index is 0.110. The third-order valence-electron chi connectivity index (χ3n) is 4.74. The quantitative estimate of drug-likeness (QED) is 0.217. The number of nitrogens with one attached hydrogen (secondary N) is 2. The summed E-state index contributed by atoms with van der Waals surface area (Å²) in [5.74, 6) is -1.04. The number of nitro groups is 1. The Kier molecular flexibility index (Phi) is 6.34. The van der Waals surface area contributed by atoms with Gasteiger partial charge in [0.05, 0.1) is 33.6 Å². The van der Waals surface area contributed by atoms with Crippen molar-refractivity contribution in [1.29, 1.82) is 0 Å². The predicted molar refractivity (Wildman–Crippen MR) is 128 cm³/mol. The van der Waals surface area contributed by atoms with Crippen molar-refractivity contribution in [3.63, 3.8) is 0 Å². The van der Waals surface area contributed by atoms with Crippen LogP contribution >= 0.6 is 11.3 Å². The number of aromatic nitrogens is 2. The first-order valence-electron chi connectivity index (χ1n) is 10.3. The van der Waals surface area contributed by atoms with Gasteiger partial charge in [-0.2, -0.15) is 0 Å². The second-order valence-corrected chi connectivity index (χ2v) is 8.25. The lowest BCUT2D eigenvalue weighted by molar-refractivity contribution is -0.384. The summed E-state index contributed by atoms with van der Waals surface area (Å²) in [6.07, 6.45) is 1.39. The Morgan fingerprint density at radius 3 is 2.43 bits per heavy atom. The Morgan fingerprint density at radius 1 is 1.14 bits per heavy atom. The first kappa shape index (κ1) is 23.6. The van der Waals surface area contributed by atoms with E-state index in [0.29, 0.717) is 15.2 Å². The number of hydrogen-bond acceptors (Lipinski definition) is 9. The largest absolute Gasteiger partial charge is 0.461 e. The summed E-state index contributed by atoms with van der Waals surface area (Å²) in [4.78, 5) is 51.8. The van der Waals surface area contributed by atoms with Gasteiger partial charge in [0.15, 0.2) is 16.4 Å². The number of amides is 2. The average molecular weight is 497 g/mol. The third kappa shape index (κ3) is 4.61. The fraction of sp³-hybridized carbons (Fsp3) is 0.182. The van der Waals surface area contributed by atoms with Crippen molar-refractivity contribution >= 4 is 61.4 Å². The highest BCUT2D eigenvalue weighted by molar-refractivity contribution is 7.24. The molecule has 4 aromatic rings. The van der Waals surface area contributed by atoms with E-state index in [0.717, 1.165) is 0 Å². The van der Waals surface area contributed by atoms with Crippen LogP contribution in [0.2, 0.25) is 0 Å². The van der Waals surface area contributed by atoms with Crippen molar-refractivity contribution in [2.45, 2.75) is 20.8 Å². The number of imidazole rings is 1. The third-order valence-corrected chi connectivity index (χ3v) is 5.83. The summed E-state index contributed by atoms with van der Waals surface area (Å²) < 4.78 is 13.2. The summed E-state index contributed by atoms with van der Waals surface area (Å²) in [6.45, 7) is 4.49. The van der Waals surface area contributed by atoms with Crippen molar-refractivity contribution in [3.8, 4) is 11.5 Å². The molecule has 0 fully saturated rings. The molecule has 35 heavy (non-hydrogen) atoms. The number of benzene rings is 2. The molecule has 13 heteroatoms. The molecule has 0 atom stereocenters. The van der Waals surface area contributed by atoms with Gasteiger partial charge in [-0.25, -0.2) is 9.78 Å². The molecule has 2 aromatic heterocycles. The zero-order chi connectivity index (χ0) is 25.3. The number of non-ortho nitro benzene ring substituents is 1. The van der Waals surface area contributed by atoms with Gasteiger partial charge in [0.25, 0.3) is 5.69 Å². The number of thiazole rings is 1. The van der Waals surface area contributed by atoms with Crippen LogP contribution < -0.4 is 15.4 Å². The predicted octanol–water partition coefficient (Wildman–Crippen LogP) is 4.34. The molecule has 2 heterocycles. The van der Waals surface area contributed by atoms with E-state index in [1.54, 1.807) is 17.4 Å². The number of ether oxygens (including phenoxy) is 2. The second-order valence-electron chi connectivity index (χ2n) is 7.28. The standard InChI is InChI=1S/C22H19N5O7S/c1-4-33-21(30)17-10-23-22-26(17)16-9-15(24-11(2)28)19(18(20(16)35-22)25-12(3)29)34-14-7-5-13(6-8-14)27(31)32/h5-10H,4H2,1-3H3,(H,24,28)(H,25,29). The van der Waals surface area contributed by atoms with Crippen LogP contribution in [0, 0.1) is 10.1 Å². The highest BCUT2D eigenvalue weighted by Crippen LogP contribution is 2.46. The molecule has 0 aliphatic carbocycles. The molecular formula is C22H19N5O7S. The molecular weight excluding hydrogens is 478 g/mol. The maximum absolute atomic E-state index is 12.5. The van der Waals surface area contributed by atoms with Crippen molar-refractivity contribution < 1.29 is 28.8 Å². The Hall–Kier alpha value is -4.52. The minimum atomic E-state index is -0.576. The van der Waals surface area contributed by atoms with E-state index in [1.807, 2.05) is 0 Å². The number of nitrogens with zero attached hydrogens (tertiary/aromatic N) is 3. The van der Waals surface area contributed by atoms with Crippen molar-refractivity contribution in [2.75, 3.05) is 17.2 Å². The highest BCUT2D eigenvalue weighted by atomic mass is 32.1. The molecule has 0 aliphatic heterocycles. The van der Waals surface area contributed by atoms with Crippen molar-refractivity contribution in [1.82, 2.24) is 9.38 Å². The van der Waals surface area contributed by atoms with Crippen LogP contribution in [-0.2, 0) is 14.3 Å². The summed E-state index contributed by atoms with van der Waals surface area (Å²) in [7, 11) is 0. The number of esters is 1. The molecule has 0 saturated carbocycles. The summed E-state index contributed by atoms with van der Waals surface area (Å²) >= 11 is 1.19. The topological polar surface area (TPSA) is 154 Å². The van der Waals surface area contributed by atoms with E-state index < -0.39 is 22.7 Å². The fourth-order valence-electron chi connectivity index (χ4n) is 3.41. The molecule has 4 rings (SSSR count). The van der Waals surface area contributed by atoms with Crippen LogP contribution in [0.25, 0.3) is 15.2 Å². The van der Waals surface area contributed by atoms with E-state index >= 15 is 0 Å². The summed E-state index contributed by atoms with van der Waals surface area (Å²) in [5, 5.41) is 16.4. The maximum atomic E-state index is 12.5. The molecule has 0 aliphatic rings. The molecule has 0 spiro atoms. The van der Waals surface area contributed by atoms with Gasteiger partial charge in [-0.15, -0.1) is 0 Å². The van der Waals surface area contributed by atoms with E-state index in [1.165, 1.54) is 55.6 Å². The molecule has 0 bridgehead atoms. The van der Waals surface area contributed by atoms with Gasteiger partial charge < -0.3 is 20.1 Å². The van der Waals surface area contributed by atoms with E-state index in [-0.39, 0.29) is 40.9 Å². The van der Waals surface area contributed by atoms with Crippen LogP contribution in [0.4, 0.5) is 17.1 Å². The molecule has 12 nitrogen and oxygen atoms in total. The molecule has 0 unspecified atom stereocenters. The lowest BCUT2D eigenvalue weighted by atomic mass is 10.2. The smallest absolute Gasteiger partial charge is 0.357 e. The van der Waals surface area contributed by atoms with Gasteiger partial charge in [0.1, 0.15) is 11.4 Å². The highest BCUT2D eigenvalue weighted by Gasteiger charge is 2.25.